The van der Waals surface area contributed by atoms with Crippen molar-refractivity contribution in [3.05, 3.63) is 28.7 Å². The third kappa shape index (κ3) is 6.68. The lowest BCUT2D eigenvalue weighted by Crippen LogP contribution is -2.51. The van der Waals surface area contributed by atoms with E-state index in [-0.39, 0.29) is 23.9 Å². The number of hydrogen-bond donors (Lipinski definition) is 2. The number of ether oxygens (including phenoxy) is 1. The lowest BCUT2D eigenvalue weighted by molar-refractivity contribution is -0.127. The summed E-state index contributed by atoms with van der Waals surface area (Å²) in [6.07, 6.45) is 1.10. The Kier molecular flexibility index (Phi) is 8.94. The van der Waals surface area contributed by atoms with Crippen molar-refractivity contribution in [1.82, 2.24) is 5.32 Å². The van der Waals surface area contributed by atoms with Crippen LogP contribution in [0.2, 0.25) is 0 Å². The Bertz CT molecular complexity index is 436. The van der Waals surface area contributed by atoms with Crippen molar-refractivity contribution in [3.63, 3.8) is 0 Å². The number of carbonyl (C=O) groups is 1. The number of nitrogens with one attached hydrogen (secondary N) is 1. The Morgan fingerprint density at radius 3 is 2.33 bits per heavy atom. The van der Waals surface area contributed by atoms with Crippen LogP contribution < -0.4 is 15.8 Å². The molecular weight excluding hydrogens is 356 g/mol. The molecule has 1 amide bonds. The molecule has 0 aliphatic heterocycles. The zero-order chi connectivity index (χ0) is 15.2. The molecule has 1 unspecified atom stereocenters. The maximum Gasteiger partial charge on any atom is 0.260 e. The summed E-state index contributed by atoms with van der Waals surface area (Å²) in [6, 6.07) is 7.39. The van der Waals surface area contributed by atoms with Crippen LogP contribution >= 0.6 is 28.3 Å². The van der Waals surface area contributed by atoms with Gasteiger partial charge in [0.05, 0.1) is 0 Å². The zero-order valence-electron chi connectivity index (χ0n) is 12.7. The number of rotatable bonds is 7. The summed E-state index contributed by atoms with van der Waals surface area (Å²) in [6.45, 7) is 6.25. The van der Waals surface area contributed by atoms with Crippen molar-refractivity contribution in [1.29, 1.82) is 0 Å². The largest absolute Gasteiger partial charge is 0.481 e. The minimum Gasteiger partial charge on any atom is -0.481 e. The normalized spacial score (nSPS) is 12.2. The van der Waals surface area contributed by atoms with Crippen molar-refractivity contribution in [2.24, 2.45) is 5.73 Å². The van der Waals surface area contributed by atoms with E-state index in [2.05, 4.69) is 21.2 Å². The van der Waals surface area contributed by atoms with Crippen LogP contribution in [-0.2, 0) is 4.79 Å². The summed E-state index contributed by atoms with van der Waals surface area (Å²) in [5.74, 6) is 0.519. The molecule has 0 saturated carbocycles. The molecule has 0 spiro atoms. The maximum absolute atomic E-state index is 12.0. The second kappa shape index (κ2) is 9.28. The molecule has 0 aromatic heterocycles. The van der Waals surface area contributed by atoms with Crippen LogP contribution in [0.5, 0.6) is 5.75 Å². The molecular formula is C15H24BrClN2O2. The number of carbonyl (C=O) groups excluding carboxylic acids is 1. The predicted molar refractivity (Wildman–Crippen MR) is 92.0 cm³/mol. The van der Waals surface area contributed by atoms with Gasteiger partial charge in [-0.05, 0) is 44.0 Å². The second-order valence-electron chi connectivity index (χ2n) is 5.00. The van der Waals surface area contributed by atoms with Crippen molar-refractivity contribution in [2.45, 2.75) is 45.3 Å². The smallest absolute Gasteiger partial charge is 0.260 e. The highest BCUT2D eigenvalue weighted by Crippen LogP contribution is 2.17. The lowest BCUT2D eigenvalue weighted by atomic mass is 9.94. The molecule has 1 aromatic rings. The Morgan fingerprint density at radius 2 is 1.86 bits per heavy atom. The van der Waals surface area contributed by atoms with Crippen LogP contribution in [0.1, 0.15) is 33.6 Å². The fraction of sp³-hybridized carbons (Fsp3) is 0.533. The Hall–Kier alpha value is -0.780. The summed E-state index contributed by atoms with van der Waals surface area (Å²) in [7, 11) is 0. The van der Waals surface area contributed by atoms with Crippen LogP contribution in [0.4, 0.5) is 0 Å². The maximum atomic E-state index is 12.0. The van der Waals surface area contributed by atoms with Gasteiger partial charge in [-0.1, -0.05) is 29.8 Å². The SMILES string of the molecule is CCC(N)(CC)CNC(=O)C(C)Oc1ccc(Br)cc1.Cl. The molecule has 0 aliphatic carbocycles. The van der Waals surface area contributed by atoms with Gasteiger partial charge in [0.15, 0.2) is 6.10 Å². The van der Waals surface area contributed by atoms with Gasteiger partial charge in [0.25, 0.3) is 5.91 Å². The van der Waals surface area contributed by atoms with Gasteiger partial charge < -0.3 is 15.8 Å². The van der Waals surface area contributed by atoms with E-state index in [1.165, 1.54) is 0 Å². The molecule has 0 bridgehead atoms. The van der Waals surface area contributed by atoms with Crippen LogP contribution in [-0.4, -0.2) is 24.1 Å². The van der Waals surface area contributed by atoms with Crippen LogP contribution in [0.15, 0.2) is 28.7 Å². The highest BCUT2D eigenvalue weighted by Gasteiger charge is 2.23. The van der Waals surface area contributed by atoms with Gasteiger partial charge in [0.2, 0.25) is 0 Å². The molecule has 1 atom stereocenters. The Balaban J connectivity index is 0.00000400. The van der Waals surface area contributed by atoms with Crippen LogP contribution in [0.3, 0.4) is 0 Å². The Labute approximate surface area is 141 Å². The number of benzene rings is 1. The van der Waals surface area contributed by atoms with Crippen molar-refractivity contribution < 1.29 is 9.53 Å². The first kappa shape index (κ1) is 20.2. The van der Waals surface area contributed by atoms with Gasteiger partial charge in [0.1, 0.15) is 5.75 Å². The summed E-state index contributed by atoms with van der Waals surface area (Å²) >= 11 is 3.35. The summed E-state index contributed by atoms with van der Waals surface area (Å²) < 4.78 is 6.56. The molecule has 0 fully saturated rings. The first-order valence-corrected chi connectivity index (χ1v) is 7.68. The van der Waals surface area contributed by atoms with E-state index in [9.17, 15) is 4.79 Å². The van der Waals surface area contributed by atoms with Gasteiger partial charge in [0, 0.05) is 16.6 Å². The second-order valence-corrected chi connectivity index (χ2v) is 5.92. The third-order valence-electron chi connectivity index (χ3n) is 3.52. The quantitative estimate of drug-likeness (QED) is 0.764. The number of hydrogen-bond acceptors (Lipinski definition) is 3. The van der Waals surface area contributed by atoms with E-state index in [0.29, 0.717) is 12.3 Å². The van der Waals surface area contributed by atoms with E-state index in [4.69, 9.17) is 10.5 Å². The standard InChI is InChI=1S/C15H23BrN2O2.ClH/c1-4-15(17,5-2)10-18-14(19)11(3)20-13-8-6-12(16)7-9-13;/h6-9,11H,4-5,10,17H2,1-3H3,(H,18,19);1H. The molecule has 4 nitrogen and oxygen atoms in total. The molecule has 6 heteroatoms. The zero-order valence-corrected chi connectivity index (χ0v) is 15.1. The molecule has 120 valence electrons. The van der Waals surface area contributed by atoms with Crippen LogP contribution in [0.25, 0.3) is 0 Å². The molecule has 0 aliphatic rings. The Morgan fingerprint density at radius 1 is 1.33 bits per heavy atom. The fourth-order valence-corrected chi connectivity index (χ4v) is 1.94. The molecule has 0 saturated heterocycles. The van der Waals surface area contributed by atoms with Crippen LogP contribution in [0, 0.1) is 0 Å². The van der Waals surface area contributed by atoms with Crippen molar-refractivity contribution in [3.8, 4) is 5.75 Å². The van der Waals surface area contributed by atoms with Gasteiger partial charge in [-0.25, -0.2) is 0 Å². The van der Waals surface area contributed by atoms with Gasteiger partial charge >= 0.3 is 0 Å². The van der Waals surface area contributed by atoms with Gasteiger partial charge in [-0.2, -0.15) is 0 Å². The van der Waals surface area contributed by atoms with Gasteiger partial charge in [-0.3, -0.25) is 4.79 Å². The molecule has 3 N–H and O–H groups in total. The monoisotopic (exact) mass is 378 g/mol. The average Bonchev–Trinajstić information content (AvgIpc) is 2.46. The summed E-state index contributed by atoms with van der Waals surface area (Å²) in [5, 5.41) is 2.86. The summed E-state index contributed by atoms with van der Waals surface area (Å²) in [5.41, 5.74) is 5.81. The number of nitrogens with two attached hydrogens (primary N) is 1. The van der Waals surface area contributed by atoms with Crippen molar-refractivity contribution >= 4 is 34.2 Å². The van der Waals surface area contributed by atoms with Gasteiger partial charge in [-0.15, -0.1) is 12.4 Å². The van der Waals surface area contributed by atoms with E-state index in [0.717, 1.165) is 17.3 Å². The molecule has 0 radical (unpaired) electrons. The highest BCUT2D eigenvalue weighted by atomic mass is 79.9. The first-order chi connectivity index (χ1) is 9.40. The molecule has 1 rings (SSSR count). The minimum atomic E-state index is -0.547. The topological polar surface area (TPSA) is 64.3 Å². The first-order valence-electron chi connectivity index (χ1n) is 6.89. The van der Waals surface area contributed by atoms with E-state index < -0.39 is 6.10 Å². The summed E-state index contributed by atoms with van der Waals surface area (Å²) in [4.78, 5) is 12.0. The number of halogens is 2. The van der Waals surface area contributed by atoms with Crippen molar-refractivity contribution in [2.75, 3.05) is 6.54 Å². The highest BCUT2D eigenvalue weighted by molar-refractivity contribution is 9.10. The average molecular weight is 380 g/mol. The molecule has 0 heterocycles. The lowest BCUT2D eigenvalue weighted by Gasteiger charge is -2.27. The fourth-order valence-electron chi connectivity index (χ4n) is 1.68. The minimum absolute atomic E-state index is 0. The number of amides is 1. The van der Waals surface area contributed by atoms with E-state index in [1.54, 1.807) is 6.92 Å². The predicted octanol–water partition coefficient (Wildman–Crippen LogP) is 3.27. The van der Waals surface area contributed by atoms with E-state index in [1.807, 2.05) is 38.1 Å². The third-order valence-corrected chi connectivity index (χ3v) is 4.05. The van der Waals surface area contributed by atoms with E-state index >= 15 is 0 Å². The molecule has 1 aromatic carbocycles. The molecule has 21 heavy (non-hydrogen) atoms.